The number of carbonyl (C=O) groups is 1. The minimum absolute atomic E-state index is 0.107. The Morgan fingerprint density at radius 2 is 2.00 bits per heavy atom. The van der Waals surface area contributed by atoms with Crippen LogP contribution >= 0.6 is 23.2 Å². The number of benzene rings is 1. The molecule has 2 unspecified atom stereocenters. The maximum Gasteiger partial charge on any atom is 0.251 e. The van der Waals surface area contributed by atoms with Crippen molar-refractivity contribution in [3.63, 3.8) is 0 Å². The number of rotatable bonds is 3. The van der Waals surface area contributed by atoms with Gasteiger partial charge in [0, 0.05) is 11.6 Å². The zero-order chi connectivity index (χ0) is 13.8. The van der Waals surface area contributed by atoms with Gasteiger partial charge in [-0.3, -0.25) is 4.79 Å². The van der Waals surface area contributed by atoms with Gasteiger partial charge in [0.15, 0.2) is 0 Å². The average molecular weight is 301 g/mol. The maximum absolute atomic E-state index is 12.2. The molecule has 19 heavy (non-hydrogen) atoms. The summed E-state index contributed by atoms with van der Waals surface area (Å²) in [5, 5.41) is 3.91. The van der Waals surface area contributed by atoms with Gasteiger partial charge in [-0.1, -0.05) is 36.0 Å². The number of nitrogens with two attached hydrogens (primary N) is 1. The molecular formula is C14H18Cl2N2O. The molecule has 5 heteroatoms. The van der Waals surface area contributed by atoms with Gasteiger partial charge in [0.05, 0.1) is 10.0 Å². The highest BCUT2D eigenvalue weighted by Gasteiger charge is 2.25. The zero-order valence-electron chi connectivity index (χ0n) is 10.7. The number of halogens is 2. The molecule has 1 aliphatic carbocycles. The fourth-order valence-corrected chi connectivity index (χ4v) is 2.87. The van der Waals surface area contributed by atoms with Crippen LogP contribution in [0, 0.1) is 5.92 Å². The topological polar surface area (TPSA) is 55.1 Å². The summed E-state index contributed by atoms with van der Waals surface area (Å²) in [5.41, 5.74) is 6.30. The van der Waals surface area contributed by atoms with Crippen molar-refractivity contribution in [1.82, 2.24) is 5.32 Å². The summed E-state index contributed by atoms with van der Waals surface area (Å²) >= 11 is 11.8. The summed E-state index contributed by atoms with van der Waals surface area (Å²) in [4.78, 5) is 12.2. The van der Waals surface area contributed by atoms with E-state index < -0.39 is 0 Å². The molecule has 1 saturated carbocycles. The van der Waals surface area contributed by atoms with Gasteiger partial charge < -0.3 is 11.1 Å². The van der Waals surface area contributed by atoms with Gasteiger partial charge in [0.2, 0.25) is 0 Å². The summed E-state index contributed by atoms with van der Waals surface area (Å²) in [6.45, 7) is 0.617. The van der Waals surface area contributed by atoms with E-state index in [-0.39, 0.29) is 11.9 Å². The molecule has 0 radical (unpaired) electrons. The Hall–Kier alpha value is -0.770. The first kappa shape index (κ1) is 14.6. The molecule has 2 atom stereocenters. The Kier molecular flexibility index (Phi) is 5.08. The first-order valence-corrected chi connectivity index (χ1v) is 7.33. The van der Waals surface area contributed by atoms with E-state index in [1.807, 2.05) is 0 Å². The van der Waals surface area contributed by atoms with Gasteiger partial charge in [-0.05, 0) is 43.5 Å². The SMILES string of the molecule is NCC1CCCCC1NC(=O)c1ccc(Cl)c(Cl)c1. The van der Waals surface area contributed by atoms with Crippen LogP contribution in [-0.4, -0.2) is 18.5 Å². The number of hydrogen-bond donors (Lipinski definition) is 2. The molecule has 1 amide bonds. The van der Waals surface area contributed by atoms with Gasteiger partial charge >= 0.3 is 0 Å². The Bertz CT molecular complexity index is 465. The van der Waals surface area contributed by atoms with Crippen LogP contribution in [0.15, 0.2) is 18.2 Å². The van der Waals surface area contributed by atoms with E-state index in [4.69, 9.17) is 28.9 Å². The second kappa shape index (κ2) is 6.60. The van der Waals surface area contributed by atoms with Gasteiger partial charge in [-0.2, -0.15) is 0 Å². The molecule has 0 saturated heterocycles. The van der Waals surface area contributed by atoms with Crippen LogP contribution in [0.2, 0.25) is 10.0 Å². The van der Waals surface area contributed by atoms with E-state index in [0.29, 0.717) is 28.1 Å². The van der Waals surface area contributed by atoms with Crippen molar-refractivity contribution in [1.29, 1.82) is 0 Å². The second-order valence-corrected chi connectivity index (χ2v) is 5.80. The van der Waals surface area contributed by atoms with E-state index in [0.717, 1.165) is 19.3 Å². The van der Waals surface area contributed by atoms with Crippen molar-refractivity contribution in [2.45, 2.75) is 31.7 Å². The lowest BCUT2D eigenvalue weighted by Gasteiger charge is -2.31. The van der Waals surface area contributed by atoms with E-state index in [2.05, 4.69) is 5.32 Å². The molecule has 0 spiro atoms. The molecule has 0 bridgehead atoms. The van der Waals surface area contributed by atoms with Crippen LogP contribution in [0.4, 0.5) is 0 Å². The Morgan fingerprint density at radius 3 is 2.68 bits per heavy atom. The molecule has 1 fully saturated rings. The van der Waals surface area contributed by atoms with E-state index in [9.17, 15) is 4.79 Å². The summed E-state index contributed by atoms with van der Waals surface area (Å²) in [6, 6.07) is 5.09. The number of carbonyl (C=O) groups excluding carboxylic acids is 1. The van der Waals surface area contributed by atoms with Gasteiger partial charge in [0.1, 0.15) is 0 Å². The molecule has 1 aromatic carbocycles. The lowest BCUT2D eigenvalue weighted by atomic mass is 9.84. The molecule has 1 aliphatic rings. The Balaban J connectivity index is 2.05. The van der Waals surface area contributed by atoms with Gasteiger partial charge in [-0.25, -0.2) is 0 Å². The molecular weight excluding hydrogens is 283 g/mol. The molecule has 0 aliphatic heterocycles. The minimum atomic E-state index is -0.107. The summed E-state index contributed by atoms with van der Waals surface area (Å²) in [7, 11) is 0. The van der Waals surface area contributed by atoms with Crippen molar-refractivity contribution in [2.24, 2.45) is 11.7 Å². The quantitative estimate of drug-likeness (QED) is 0.900. The van der Waals surface area contributed by atoms with Crippen molar-refractivity contribution in [3.8, 4) is 0 Å². The molecule has 104 valence electrons. The van der Waals surface area contributed by atoms with E-state index >= 15 is 0 Å². The lowest BCUT2D eigenvalue weighted by Crippen LogP contribution is -2.44. The molecule has 1 aromatic rings. The maximum atomic E-state index is 12.2. The molecule has 0 aromatic heterocycles. The Labute approximate surface area is 123 Å². The third-order valence-corrected chi connectivity index (χ3v) is 4.45. The number of amides is 1. The highest BCUT2D eigenvalue weighted by atomic mass is 35.5. The fraction of sp³-hybridized carbons (Fsp3) is 0.500. The summed E-state index contributed by atoms with van der Waals surface area (Å²) < 4.78 is 0. The molecule has 2 rings (SSSR count). The predicted octanol–water partition coefficient (Wildman–Crippen LogP) is 3.24. The van der Waals surface area contributed by atoms with Crippen LogP contribution in [-0.2, 0) is 0 Å². The first-order chi connectivity index (χ1) is 9.11. The fourth-order valence-electron chi connectivity index (χ4n) is 2.57. The standard InChI is InChI=1S/C14H18Cl2N2O/c15-11-6-5-9(7-12(11)16)14(19)18-13-4-2-1-3-10(13)8-17/h5-7,10,13H,1-4,8,17H2,(H,18,19). The molecule has 0 heterocycles. The highest BCUT2D eigenvalue weighted by Crippen LogP contribution is 2.25. The van der Waals surface area contributed by atoms with Gasteiger partial charge in [0.25, 0.3) is 5.91 Å². The normalized spacial score (nSPS) is 23.1. The van der Waals surface area contributed by atoms with Gasteiger partial charge in [-0.15, -0.1) is 0 Å². The molecule has 3 N–H and O–H groups in total. The Morgan fingerprint density at radius 1 is 1.26 bits per heavy atom. The van der Waals surface area contributed by atoms with E-state index in [1.165, 1.54) is 6.42 Å². The third-order valence-electron chi connectivity index (χ3n) is 3.71. The monoisotopic (exact) mass is 300 g/mol. The second-order valence-electron chi connectivity index (χ2n) is 4.99. The highest BCUT2D eigenvalue weighted by molar-refractivity contribution is 6.42. The first-order valence-electron chi connectivity index (χ1n) is 6.58. The smallest absolute Gasteiger partial charge is 0.251 e. The van der Waals surface area contributed by atoms with Crippen LogP contribution in [0.25, 0.3) is 0 Å². The van der Waals surface area contributed by atoms with Crippen molar-refractivity contribution in [2.75, 3.05) is 6.54 Å². The van der Waals surface area contributed by atoms with Crippen molar-refractivity contribution < 1.29 is 4.79 Å². The number of hydrogen-bond acceptors (Lipinski definition) is 2. The molecule has 3 nitrogen and oxygen atoms in total. The van der Waals surface area contributed by atoms with Crippen molar-refractivity contribution in [3.05, 3.63) is 33.8 Å². The summed E-state index contributed by atoms with van der Waals surface area (Å²) in [6.07, 6.45) is 4.42. The zero-order valence-corrected chi connectivity index (χ0v) is 12.2. The average Bonchev–Trinajstić information content (AvgIpc) is 2.42. The van der Waals surface area contributed by atoms with Crippen molar-refractivity contribution >= 4 is 29.1 Å². The van der Waals surface area contributed by atoms with Crippen LogP contribution < -0.4 is 11.1 Å². The third kappa shape index (κ3) is 3.62. The van der Waals surface area contributed by atoms with Crippen LogP contribution in [0.3, 0.4) is 0 Å². The van der Waals surface area contributed by atoms with Crippen LogP contribution in [0.1, 0.15) is 36.0 Å². The predicted molar refractivity (Wildman–Crippen MR) is 78.7 cm³/mol. The van der Waals surface area contributed by atoms with Crippen LogP contribution in [0.5, 0.6) is 0 Å². The number of nitrogens with one attached hydrogen (secondary N) is 1. The summed E-state index contributed by atoms with van der Waals surface area (Å²) in [5.74, 6) is 0.268. The largest absolute Gasteiger partial charge is 0.349 e. The van der Waals surface area contributed by atoms with E-state index in [1.54, 1.807) is 18.2 Å². The minimum Gasteiger partial charge on any atom is -0.349 e. The lowest BCUT2D eigenvalue weighted by molar-refractivity contribution is 0.0908.